The van der Waals surface area contributed by atoms with Gasteiger partial charge in [0, 0.05) is 40.2 Å². The van der Waals surface area contributed by atoms with Crippen LogP contribution in [0.5, 0.6) is 5.75 Å². The largest absolute Gasteiger partial charge is 0.496 e. The second-order valence-electron chi connectivity index (χ2n) is 6.41. The van der Waals surface area contributed by atoms with Crippen LogP contribution in [0.1, 0.15) is 12.0 Å². The molecule has 1 saturated heterocycles. The first-order valence-corrected chi connectivity index (χ1v) is 8.25. The first-order chi connectivity index (χ1) is 11.4. The van der Waals surface area contributed by atoms with Crippen molar-refractivity contribution >= 4 is 11.8 Å². The third-order valence-electron chi connectivity index (χ3n) is 4.43. The van der Waals surface area contributed by atoms with Gasteiger partial charge in [0.2, 0.25) is 11.8 Å². The van der Waals surface area contributed by atoms with Crippen LogP contribution in [0.3, 0.4) is 0 Å². The van der Waals surface area contributed by atoms with Crippen molar-refractivity contribution in [2.75, 3.05) is 47.9 Å². The summed E-state index contributed by atoms with van der Waals surface area (Å²) in [4.78, 5) is 30.5. The Morgan fingerprint density at radius 2 is 1.96 bits per heavy atom. The maximum absolute atomic E-state index is 12.7. The van der Waals surface area contributed by atoms with Crippen molar-refractivity contribution in [3.63, 3.8) is 0 Å². The van der Waals surface area contributed by atoms with E-state index in [0.29, 0.717) is 25.9 Å². The normalized spacial score (nSPS) is 18.3. The minimum atomic E-state index is -0.399. The van der Waals surface area contributed by atoms with E-state index >= 15 is 0 Å². The molecular weight excluding hydrogens is 306 g/mol. The number of carbonyl (C=O) groups is 2. The fraction of sp³-hybridized carbons (Fsp3) is 0.556. The van der Waals surface area contributed by atoms with E-state index in [-0.39, 0.29) is 11.8 Å². The number of nitrogens with zero attached hydrogens (tertiary/aromatic N) is 3. The van der Waals surface area contributed by atoms with Crippen LogP contribution in [-0.2, 0) is 16.0 Å². The molecule has 1 heterocycles. The molecule has 0 N–H and O–H groups in total. The van der Waals surface area contributed by atoms with Gasteiger partial charge in [-0.2, -0.15) is 0 Å². The average Bonchev–Trinajstić information content (AvgIpc) is 2.58. The van der Waals surface area contributed by atoms with Crippen LogP contribution in [0.25, 0.3) is 0 Å². The van der Waals surface area contributed by atoms with Crippen molar-refractivity contribution in [3.05, 3.63) is 29.8 Å². The van der Waals surface area contributed by atoms with Crippen LogP contribution in [0, 0.1) is 0 Å². The van der Waals surface area contributed by atoms with Gasteiger partial charge in [-0.05, 0) is 25.1 Å². The highest BCUT2D eigenvalue weighted by Crippen LogP contribution is 2.20. The van der Waals surface area contributed by atoms with E-state index < -0.39 is 6.04 Å². The fourth-order valence-electron chi connectivity index (χ4n) is 3.02. The molecule has 1 fully saturated rings. The highest BCUT2D eigenvalue weighted by atomic mass is 16.5. The monoisotopic (exact) mass is 333 g/mol. The number of benzene rings is 1. The Bertz CT molecular complexity index is 589. The number of hydrogen-bond acceptors (Lipinski definition) is 4. The number of para-hydroxylation sites is 1. The molecule has 1 aromatic carbocycles. The quantitative estimate of drug-likeness (QED) is 0.802. The Morgan fingerprint density at radius 1 is 1.25 bits per heavy atom. The summed E-state index contributed by atoms with van der Waals surface area (Å²) in [6.45, 7) is 1.96. The number of aryl methyl sites for hydroxylation is 1. The molecular formula is C18H27N3O3. The van der Waals surface area contributed by atoms with Gasteiger partial charge in [-0.1, -0.05) is 18.2 Å². The lowest BCUT2D eigenvalue weighted by atomic mass is 10.1. The molecule has 1 aromatic rings. The molecule has 0 bridgehead atoms. The molecule has 1 aliphatic heterocycles. The van der Waals surface area contributed by atoms with Crippen molar-refractivity contribution < 1.29 is 14.3 Å². The second kappa shape index (κ2) is 8.15. The summed E-state index contributed by atoms with van der Waals surface area (Å²) < 4.78 is 5.34. The summed E-state index contributed by atoms with van der Waals surface area (Å²) in [7, 11) is 7.07. The number of methoxy groups -OCH3 is 1. The second-order valence-corrected chi connectivity index (χ2v) is 6.41. The fourth-order valence-corrected chi connectivity index (χ4v) is 3.02. The molecule has 24 heavy (non-hydrogen) atoms. The maximum atomic E-state index is 12.7. The predicted molar refractivity (Wildman–Crippen MR) is 93.0 cm³/mol. The standard InChI is InChI=1S/C18H27N3O3/c1-19(2)18(23)15-13-20(3)11-12-21(15)17(22)10-9-14-7-5-6-8-16(14)24-4/h5-8,15H,9-13H2,1-4H3/t15-/m0/s1. The van der Waals surface area contributed by atoms with Crippen molar-refractivity contribution in [3.8, 4) is 5.75 Å². The highest BCUT2D eigenvalue weighted by Gasteiger charge is 2.34. The van der Waals surface area contributed by atoms with E-state index in [1.54, 1.807) is 31.0 Å². The molecule has 1 atom stereocenters. The summed E-state index contributed by atoms with van der Waals surface area (Å²) in [5, 5.41) is 0. The van der Waals surface area contributed by atoms with Crippen LogP contribution >= 0.6 is 0 Å². The number of ether oxygens (including phenoxy) is 1. The third-order valence-corrected chi connectivity index (χ3v) is 4.43. The lowest BCUT2D eigenvalue weighted by Crippen LogP contribution is -2.59. The van der Waals surface area contributed by atoms with Gasteiger partial charge in [0.1, 0.15) is 11.8 Å². The molecule has 2 amide bonds. The van der Waals surface area contributed by atoms with E-state index in [9.17, 15) is 9.59 Å². The molecule has 0 radical (unpaired) electrons. The third kappa shape index (κ3) is 4.26. The predicted octanol–water partition coefficient (Wildman–Crippen LogP) is 0.859. The summed E-state index contributed by atoms with van der Waals surface area (Å²) >= 11 is 0. The van der Waals surface area contributed by atoms with Crippen molar-refractivity contribution in [2.45, 2.75) is 18.9 Å². The van der Waals surface area contributed by atoms with Crippen molar-refractivity contribution in [1.82, 2.24) is 14.7 Å². The number of hydrogen-bond donors (Lipinski definition) is 0. The summed E-state index contributed by atoms with van der Waals surface area (Å²) in [5.74, 6) is 0.797. The molecule has 2 rings (SSSR count). The molecule has 132 valence electrons. The average molecular weight is 333 g/mol. The Balaban J connectivity index is 2.05. The molecule has 0 spiro atoms. The minimum absolute atomic E-state index is 0.0211. The van der Waals surface area contributed by atoms with Gasteiger partial charge in [-0.15, -0.1) is 0 Å². The summed E-state index contributed by atoms with van der Waals surface area (Å²) in [5.41, 5.74) is 1.01. The van der Waals surface area contributed by atoms with Gasteiger partial charge < -0.3 is 19.4 Å². The van der Waals surface area contributed by atoms with Crippen molar-refractivity contribution in [2.24, 2.45) is 0 Å². The Hall–Kier alpha value is -2.08. The number of rotatable bonds is 5. The van der Waals surface area contributed by atoms with E-state index in [1.807, 2.05) is 31.3 Å². The Morgan fingerprint density at radius 3 is 2.62 bits per heavy atom. The zero-order chi connectivity index (χ0) is 17.7. The van der Waals surface area contributed by atoms with E-state index in [1.165, 1.54) is 0 Å². The molecule has 0 saturated carbocycles. The minimum Gasteiger partial charge on any atom is -0.496 e. The van der Waals surface area contributed by atoms with Gasteiger partial charge in [0.25, 0.3) is 0 Å². The topological polar surface area (TPSA) is 53.1 Å². The first-order valence-electron chi connectivity index (χ1n) is 8.25. The van der Waals surface area contributed by atoms with Gasteiger partial charge >= 0.3 is 0 Å². The van der Waals surface area contributed by atoms with Crippen LogP contribution < -0.4 is 4.74 Å². The van der Waals surface area contributed by atoms with E-state index in [2.05, 4.69) is 4.90 Å². The van der Waals surface area contributed by atoms with Gasteiger partial charge in [-0.25, -0.2) is 0 Å². The molecule has 0 aromatic heterocycles. The number of amides is 2. The lowest BCUT2D eigenvalue weighted by Gasteiger charge is -2.40. The van der Waals surface area contributed by atoms with Crippen molar-refractivity contribution in [1.29, 1.82) is 0 Å². The number of piperazine rings is 1. The highest BCUT2D eigenvalue weighted by molar-refractivity contribution is 5.88. The lowest BCUT2D eigenvalue weighted by molar-refractivity contribution is -0.147. The molecule has 6 heteroatoms. The molecule has 0 aliphatic carbocycles. The van der Waals surface area contributed by atoms with Crippen LogP contribution in [-0.4, -0.2) is 80.4 Å². The zero-order valence-corrected chi connectivity index (χ0v) is 15.0. The summed E-state index contributed by atoms with van der Waals surface area (Å²) in [6, 6.07) is 7.32. The number of carbonyl (C=O) groups excluding carboxylic acids is 2. The maximum Gasteiger partial charge on any atom is 0.246 e. The Labute approximate surface area is 144 Å². The van der Waals surface area contributed by atoms with Gasteiger partial charge in [0.15, 0.2) is 0 Å². The first kappa shape index (κ1) is 18.3. The van der Waals surface area contributed by atoms with Crippen LogP contribution in [0.4, 0.5) is 0 Å². The van der Waals surface area contributed by atoms with Gasteiger partial charge in [-0.3, -0.25) is 9.59 Å². The van der Waals surface area contributed by atoms with Gasteiger partial charge in [0.05, 0.1) is 7.11 Å². The SMILES string of the molecule is COc1ccccc1CCC(=O)N1CCN(C)C[C@H]1C(=O)N(C)C. The van der Waals surface area contributed by atoms with E-state index in [0.717, 1.165) is 17.9 Å². The van der Waals surface area contributed by atoms with Crippen LogP contribution in [0.2, 0.25) is 0 Å². The van der Waals surface area contributed by atoms with E-state index in [4.69, 9.17) is 4.74 Å². The zero-order valence-electron chi connectivity index (χ0n) is 15.0. The molecule has 1 aliphatic rings. The molecule has 0 unspecified atom stereocenters. The Kier molecular flexibility index (Phi) is 6.20. The van der Waals surface area contributed by atoms with Crippen LogP contribution in [0.15, 0.2) is 24.3 Å². The smallest absolute Gasteiger partial charge is 0.246 e. The summed E-state index contributed by atoms with van der Waals surface area (Å²) in [6.07, 6.45) is 0.985. The number of likely N-dealkylation sites (N-methyl/N-ethyl adjacent to an activating group) is 2. The molecule has 6 nitrogen and oxygen atoms in total.